The molecule has 1 nitrogen and oxygen atoms in total. The van der Waals surface area contributed by atoms with E-state index in [0.717, 1.165) is 18.1 Å². The molecule has 0 unspecified atom stereocenters. The van der Waals surface area contributed by atoms with Gasteiger partial charge < -0.3 is 4.43 Å². The Hall–Kier alpha value is 0.127. The van der Waals surface area contributed by atoms with Crippen molar-refractivity contribution in [3.8, 4) is 0 Å². The van der Waals surface area contributed by atoms with Crippen LogP contribution < -0.4 is 5.19 Å². The van der Waals surface area contributed by atoms with Gasteiger partial charge in [0.15, 0.2) is 0 Å². The van der Waals surface area contributed by atoms with Gasteiger partial charge in [0.1, 0.15) is 0 Å². The third kappa shape index (κ3) is 1.59. The standard InChI is InChI=1S/C13H17IOSi/c14-9-11-10-15-16(8-4-7-13(11)16)12-5-2-1-3-6-12/h1-3,5-6,11,13H,4,7-10H2/t11-,13-,16+/m1/s1. The first kappa shape index (κ1) is 11.2. The van der Waals surface area contributed by atoms with Gasteiger partial charge in [-0.25, -0.2) is 0 Å². The van der Waals surface area contributed by atoms with Gasteiger partial charge in [-0.2, -0.15) is 0 Å². The molecule has 0 N–H and O–H groups in total. The zero-order valence-electron chi connectivity index (χ0n) is 9.36. The molecule has 2 aliphatic rings. The first-order chi connectivity index (χ1) is 7.87. The van der Waals surface area contributed by atoms with E-state index >= 15 is 0 Å². The Balaban J connectivity index is 1.98. The fraction of sp³-hybridized carbons (Fsp3) is 0.538. The van der Waals surface area contributed by atoms with Crippen molar-refractivity contribution >= 4 is 36.1 Å². The van der Waals surface area contributed by atoms with Crippen LogP contribution in [0.3, 0.4) is 0 Å². The van der Waals surface area contributed by atoms with Crippen LogP contribution in [0.1, 0.15) is 12.8 Å². The van der Waals surface area contributed by atoms with Gasteiger partial charge >= 0.3 is 0 Å². The van der Waals surface area contributed by atoms with Crippen molar-refractivity contribution in [3.05, 3.63) is 30.3 Å². The smallest absolute Gasteiger partial charge is 0.227 e. The molecule has 2 heterocycles. The molecule has 0 amide bonds. The van der Waals surface area contributed by atoms with Crippen molar-refractivity contribution in [2.75, 3.05) is 11.0 Å². The predicted molar refractivity (Wildman–Crippen MR) is 78.0 cm³/mol. The van der Waals surface area contributed by atoms with Crippen molar-refractivity contribution in [1.29, 1.82) is 0 Å². The monoisotopic (exact) mass is 344 g/mol. The lowest BCUT2D eigenvalue weighted by Crippen LogP contribution is -2.48. The summed E-state index contributed by atoms with van der Waals surface area (Å²) in [4.78, 5) is 0. The number of hydrogen-bond acceptors (Lipinski definition) is 1. The van der Waals surface area contributed by atoms with Gasteiger partial charge in [0.25, 0.3) is 0 Å². The molecule has 86 valence electrons. The summed E-state index contributed by atoms with van der Waals surface area (Å²) in [6, 6.07) is 12.4. The van der Waals surface area contributed by atoms with Gasteiger partial charge in [0, 0.05) is 11.0 Å². The second-order valence-electron chi connectivity index (χ2n) is 4.98. The van der Waals surface area contributed by atoms with Gasteiger partial charge in [0.05, 0.1) is 0 Å². The van der Waals surface area contributed by atoms with E-state index < -0.39 is 8.32 Å². The number of hydrogen-bond donors (Lipinski definition) is 0. The second kappa shape index (κ2) is 4.42. The largest absolute Gasteiger partial charge is 0.412 e. The summed E-state index contributed by atoms with van der Waals surface area (Å²) in [5.74, 6) is 0.829. The van der Waals surface area contributed by atoms with Crippen LogP contribution in [0.2, 0.25) is 11.6 Å². The van der Waals surface area contributed by atoms with E-state index in [9.17, 15) is 0 Å². The minimum atomic E-state index is -1.56. The summed E-state index contributed by atoms with van der Waals surface area (Å²) >= 11 is 2.53. The molecule has 1 aromatic carbocycles. The van der Waals surface area contributed by atoms with Gasteiger partial charge in [0.2, 0.25) is 8.32 Å². The van der Waals surface area contributed by atoms with Crippen LogP contribution >= 0.6 is 22.6 Å². The molecule has 0 aromatic heterocycles. The molecule has 0 spiro atoms. The lowest BCUT2D eigenvalue weighted by molar-refractivity contribution is 0.309. The average molecular weight is 344 g/mol. The fourth-order valence-electron chi connectivity index (χ4n) is 3.48. The van der Waals surface area contributed by atoms with Crippen molar-refractivity contribution in [2.24, 2.45) is 5.92 Å². The topological polar surface area (TPSA) is 9.23 Å². The maximum atomic E-state index is 6.39. The van der Waals surface area contributed by atoms with E-state index in [-0.39, 0.29) is 0 Å². The molecule has 0 saturated carbocycles. The molecule has 2 saturated heterocycles. The zero-order valence-corrected chi connectivity index (χ0v) is 12.5. The molecule has 1 aromatic rings. The number of alkyl halides is 1. The van der Waals surface area contributed by atoms with Gasteiger partial charge in [-0.05, 0) is 22.7 Å². The van der Waals surface area contributed by atoms with Crippen LogP contribution in [0, 0.1) is 5.92 Å². The van der Waals surface area contributed by atoms with Crippen LogP contribution in [0.5, 0.6) is 0 Å². The Morgan fingerprint density at radius 2 is 2.12 bits per heavy atom. The Morgan fingerprint density at radius 1 is 1.31 bits per heavy atom. The highest BCUT2D eigenvalue weighted by Crippen LogP contribution is 2.50. The second-order valence-corrected chi connectivity index (χ2v) is 9.75. The van der Waals surface area contributed by atoms with E-state index in [0.29, 0.717) is 0 Å². The molecule has 0 bridgehead atoms. The minimum Gasteiger partial charge on any atom is -0.412 e. The van der Waals surface area contributed by atoms with Crippen LogP contribution in [0.25, 0.3) is 0 Å². The van der Waals surface area contributed by atoms with Crippen molar-refractivity contribution in [3.63, 3.8) is 0 Å². The number of benzene rings is 1. The average Bonchev–Trinajstić information content (AvgIpc) is 2.88. The highest BCUT2D eigenvalue weighted by Gasteiger charge is 2.55. The third-order valence-corrected chi connectivity index (χ3v) is 10.4. The summed E-state index contributed by atoms with van der Waals surface area (Å²) in [5.41, 5.74) is 0.895. The van der Waals surface area contributed by atoms with Crippen molar-refractivity contribution in [1.82, 2.24) is 0 Å². The molecular weight excluding hydrogens is 327 g/mol. The first-order valence-electron chi connectivity index (χ1n) is 6.12. The highest BCUT2D eigenvalue weighted by molar-refractivity contribution is 14.1. The number of fused-ring (bicyclic) bond motifs is 1. The number of rotatable bonds is 2. The van der Waals surface area contributed by atoms with E-state index in [1.54, 1.807) is 5.19 Å². The quantitative estimate of drug-likeness (QED) is 0.455. The first-order valence-corrected chi connectivity index (χ1v) is 9.84. The molecule has 16 heavy (non-hydrogen) atoms. The molecule has 3 rings (SSSR count). The molecule has 3 heteroatoms. The summed E-state index contributed by atoms with van der Waals surface area (Å²) in [7, 11) is -1.56. The molecule has 2 aliphatic heterocycles. The van der Waals surface area contributed by atoms with Crippen molar-refractivity contribution < 1.29 is 4.43 Å². The molecular formula is C13H17IOSi. The zero-order chi connectivity index (χ0) is 11.0. The predicted octanol–water partition coefficient (Wildman–Crippen LogP) is 3.08. The minimum absolute atomic E-state index is 0.829. The highest BCUT2D eigenvalue weighted by atomic mass is 127. The molecule has 2 fully saturated rings. The van der Waals surface area contributed by atoms with Gasteiger partial charge in [-0.1, -0.05) is 65.8 Å². The normalized spacial score (nSPS) is 37.6. The molecule has 0 aliphatic carbocycles. The van der Waals surface area contributed by atoms with Gasteiger partial charge in [-0.15, -0.1) is 0 Å². The Labute approximate surface area is 112 Å². The summed E-state index contributed by atoms with van der Waals surface area (Å²) < 4.78 is 7.66. The lowest BCUT2D eigenvalue weighted by atomic mass is 10.1. The summed E-state index contributed by atoms with van der Waals surface area (Å²) in [6.07, 6.45) is 2.80. The maximum Gasteiger partial charge on any atom is 0.227 e. The SMILES string of the molecule is IC[C@@H]1CO[Si@]2(c3ccccc3)CCC[C@H]12. The van der Waals surface area contributed by atoms with Gasteiger partial charge in [-0.3, -0.25) is 0 Å². The Bertz CT molecular complexity index is 369. The van der Waals surface area contributed by atoms with E-state index in [1.165, 1.54) is 23.3 Å². The Morgan fingerprint density at radius 3 is 2.88 bits per heavy atom. The fourth-order valence-corrected chi connectivity index (χ4v) is 10.1. The van der Waals surface area contributed by atoms with Crippen LogP contribution in [0.15, 0.2) is 30.3 Å². The molecule has 3 atom stereocenters. The third-order valence-electron chi connectivity index (χ3n) is 4.25. The van der Waals surface area contributed by atoms with E-state index in [1.807, 2.05) is 0 Å². The van der Waals surface area contributed by atoms with Crippen molar-refractivity contribution in [2.45, 2.75) is 24.4 Å². The van der Waals surface area contributed by atoms with Crippen LogP contribution in [0.4, 0.5) is 0 Å². The lowest BCUT2D eigenvalue weighted by Gasteiger charge is -2.26. The van der Waals surface area contributed by atoms with E-state index in [4.69, 9.17) is 4.43 Å². The maximum absolute atomic E-state index is 6.39. The van der Waals surface area contributed by atoms with Crippen LogP contribution in [-0.2, 0) is 4.43 Å². The van der Waals surface area contributed by atoms with E-state index in [2.05, 4.69) is 52.9 Å². The number of halogens is 1. The Kier molecular flexibility index (Phi) is 3.10. The molecule has 0 radical (unpaired) electrons. The summed E-state index contributed by atoms with van der Waals surface area (Å²) in [6.45, 7) is 1.02. The van der Waals surface area contributed by atoms with Crippen LogP contribution in [-0.4, -0.2) is 19.4 Å². The summed E-state index contributed by atoms with van der Waals surface area (Å²) in [5, 5.41) is 1.55.